The predicted octanol–water partition coefficient (Wildman–Crippen LogP) is 4.19. The van der Waals surface area contributed by atoms with Crippen molar-refractivity contribution in [1.29, 1.82) is 5.26 Å². The summed E-state index contributed by atoms with van der Waals surface area (Å²) in [5.74, 6) is 0.101. The van der Waals surface area contributed by atoms with Crippen molar-refractivity contribution in [2.24, 2.45) is 5.92 Å². The maximum absolute atomic E-state index is 9.16. The molecule has 30 heavy (non-hydrogen) atoms. The normalized spacial score (nSPS) is 25.9. The van der Waals surface area contributed by atoms with Crippen LogP contribution in [-0.4, -0.2) is 40.1 Å². The molecule has 0 unspecified atom stereocenters. The SMILES string of the molecule is CO[C@]1(c2cc(C)cc(-c3cn(C4CC(C#N)C4)c4nnc(Cl)cc34)n2)CCOC1. The number of aryl methyl sites for hydroxylation is 1. The highest BCUT2D eigenvalue weighted by Crippen LogP contribution is 2.42. The topological polar surface area (TPSA) is 85.9 Å². The summed E-state index contributed by atoms with van der Waals surface area (Å²) in [6.07, 6.45) is 4.49. The summed E-state index contributed by atoms with van der Waals surface area (Å²) < 4.78 is 13.6. The fraction of sp³-hybridized carbons (Fsp3) is 0.455. The van der Waals surface area contributed by atoms with Crippen LogP contribution < -0.4 is 0 Å². The monoisotopic (exact) mass is 423 g/mol. The van der Waals surface area contributed by atoms with Gasteiger partial charge in [-0.15, -0.1) is 10.2 Å². The molecule has 1 aliphatic carbocycles. The van der Waals surface area contributed by atoms with Gasteiger partial charge in [-0.25, -0.2) is 4.98 Å². The Bertz CT molecular complexity index is 1160. The van der Waals surface area contributed by atoms with Crippen molar-refractivity contribution in [1.82, 2.24) is 19.7 Å². The molecule has 3 aromatic heterocycles. The van der Waals surface area contributed by atoms with E-state index >= 15 is 0 Å². The second-order valence-electron chi connectivity index (χ2n) is 8.22. The highest BCUT2D eigenvalue weighted by Gasteiger charge is 2.39. The van der Waals surface area contributed by atoms with Crippen LogP contribution >= 0.6 is 11.6 Å². The maximum Gasteiger partial charge on any atom is 0.163 e. The molecule has 1 atom stereocenters. The third-order valence-corrected chi connectivity index (χ3v) is 6.51. The number of hydrogen-bond donors (Lipinski definition) is 0. The minimum atomic E-state index is -0.523. The summed E-state index contributed by atoms with van der Waals surface area (Å²) in [5, 5.41) is 18.8. The molecule has 1 saturated carbocycles. The smallest absolute Gasteiger partial charge is 0.163 e. The van der Waals surface area contributed by atoms with Crippen LogP contribution in [0.25, 0.3) is 22.3 Å². The first-order valence-corrected chi connectivity index (χ1v) is 10.5. The number of halogens is 1. The highest BCUT2D eigenvalue weighted by atomic mass is 35.5. The van der Waals surface area contributed by atoms with Gasteiger partial charge >= 0.3 is 0 Å². The summed E-state index contributed by atoms with van der Waals surface area (Å²) in [6.45, 7) is 3.21. The molecule has 0 spiro atoms. The molecular weight excluding hydrogens is 402 g/mol. The number of nitriles is 1. The minimum absolute atomic E-state index is 0.101. The van der Waals surface area contributed by atoms with Gasteiger partial charge in [0.15, 0.2) is 10.8 Å². The van der Waals surface area contributed by atoms with E-state index in [1.807, 2.05) is 6.07 Å². The summed E-state index contributed by atoms with van der Waals surface area (Å²) in [4.78, 5) is 4.99. The van der Waals surface area contributed by atoms with Gasteiger partial charge in [-0.05, 0) is 43.5 Å². The largest absolute Gasteiger partial charge is 0.378 e. The van der Waals surface area contributed by atoms with Crippen LogP contribution in [0.5, 0.6) is 0 Å². The van der Waals surface area contributed by atoms with Crippen molar-refractivity contribution >= 4 is 22.6 Å². The van der Waals surface area contributed by atoms with Crippen LogP contribution in [0.4, 0.5) is 0 Å². The molecule has 1 saturated heterocycles. The van der Waals surface area contributed by atoms with Crippen molar-refractivity contribution in [2.45, 2.75) is 37.8 Å². The maximum atomic E-state index is 9.16. The highest BCUT2D eigenvalue weighted by molar-refractivity contribution is 6.30. The van der Waals surface area contributed by atoms with Crippen molar-refractivity contribution in [3.05, 3.63) is 40.8 Å². The lowest BCUT2D eigenvalue weighted by atomic mass is 9.81. The molecule has 5 rings (SSSR count). The number of ether oxygens (including phenoxy) is 2. The molecule has 1 aliphatic heterocycles. The molecule has 0 radical (unpaired) electrons. The van der Waals surface area contributed by atoms with Crippen LogP contribution in [0.15, 0.2) is 24.4 Å². The van der Waals surface area contributed by atoms with E-state index in [-0.39, 0.29) is 12.0 Å². The van der Waals surface area contributed by atoms with Gasteiger partial charge in [0, 0.05) is 43.3 Å². The number of rotatable bonds is 4. The first-order chi connectivity index (χ1) is 14.5. The predicted molar refractivity (Wildman–Crippen MR) is 112 cm³/mol. The second-order valence-corrected chi connectivity index (χ2v) is 8.61. The van der Waals surface area contributed by atoms with Gasteiger partial charge in [0.05, 0.1) is 30.0 Å². The number of fused-ring (bicyclic) bond motifs is 1. The lowest BCUT2D eigenvalue weighted by Crippen LogP contribution is -2.30. The quantitative estimate of drug-likeness (QED) is 0.625. The van der Waals surface area contributed by atoms with Crippen molar-refractivity contribution < 1.29 is 9.47 Å². The number of hydrogen-bond acceptors (Lipinski definition) is 6. The molecule has 0 N–H and O–H groups in total. The lowest BCUT2D eigenvalue weighted by Gasteiger charge is -2.32. The van der Waals surface area contributed by atoms with Gasteiger partial charge in [0.25, 0.3) is 0 Å². The molecule has 7 nitrogen and oxygen atoms in total. The van der Waals surface area contributed by atoms with Gasteiger partial charge in [-0.1, -0.05) is 11.6 Å². The Kier molecular flexibility index (Phi) is 4.73. The summed E-state index contributed by atoms with van der Waals surface area (Å²) in [6, 6.07) is 8.55. The van der Waals surface area contributed by atoms with Crippen LogP contribution in [0.1, 0.15) is 36.6 Å². The van der Waals surface area contributed by atoms with E-state index in [1.165, 1.54) is 0 Å². The van der Waals surface area contributed by atoms with E-state index < -0.39 is 5.60 Å². The summed E-state index contributed by atoms with van der Waals surface area (Å²) >= 11 is 6.19. The Balaban J connectivity index is 1.65. The molecule has 8 heteroatoms. The van der Waals surface area contributed by atoms with E-state index in [2.05, 4.69) is 46.1 Å². The van der Waals surface area contributed by atoms with E-state index in [1.54, 1.807) is 7.11 Å². The first kappa shape index (κ1) is 19.4. The lowest BCUT2D eigenvalue weighted by molar-refractivity contribution is -0.0245. The zero-order valence-corrected chi connectivity index (χ0v) is 17.7. The average molecular weight is 424 g/mol. The Hall–Kier alpha value is -2.53. The second kappa shape index (κ2) is 7.31. The van der Waals surface area contributed by atoms with Crippen molar-refractivity contribution in [3.63, 3.8) is 0 Å². The van der Waals surface area contributed by atoms with Crippen molar-refractivity contribution in [3.8, 4) is 17.3 Å². The third kappa shape index (κ3) is 3.07. The Labute approximate surface area is 179 Å². The Morgan fingerprint density at radius 1 is 1.30 bits per heavy atom. The first-order valence-electron chi connectivity index (χ1n) is 10.1. The summed E-state index contributed by atoms with van der Waals surface area (Å²) in [5.41, 5.74) is 4.02. The van der Waals surface area contributed by atoms with E-state index in [4.69, 9.17) is 31.3 Å². The van der Waals surface area contributed by atoms with Crippen LogP contribution in [0.2, 0.25) is 5.15 Å². The zero-order chi connectivity index (χ0) is 20.9. The molecule has 3 aromatic rings. The Morgan fingerprint density at radius 2 is 2.13 bits per heavy atom. The zero-order valence-electron chi connectivity index (χ0n) is 16.9. The molecular formula is C22H22ClN5O2. The number of pyridine rings is 1. The van der Waals surface area contributed by atoms with E-state index in [9.17, 15) is 0 Å². The number of methoxy groups -OCH3 is 1. The molecule has 0 aromatic carbocycles. The van der Waals surface area contributed by atoms with Gasteiger partial charge in [0.2, 0.25) is 0 Å². The third-order valence-electron chi connectivity index (χ3n) is 6.33. The standard InChI is InChI=1S/C22H22ClN5O2/c1-13-5-18(25-19(6-13)22(29-2)3-4-30-12-22)17-11-28(15-7-14(8-15)10-24)21-16(17)9-20(23)26-27-21/h5-6,9,11,14-15H,3-4,7-8,12H2,1-2H3/t14?,15?,22-/m1/s1. The average Bonchev–Trinajstić information content (AvgIpc) is 3.33. The van der Waals surface area contributed by atoms with Crippen LogP contribution in [-0.2, 0) is 15.1 Å². The molecule has 2 aliphatic rings. The molecule has 0 amide bonds. The van der Waals surface area contributed by atoms with Gasteiger partial charge in [-0.3, -0.25) is 0 Å². The van der Waals surface area contributed by atoms with Gasteiger partial charge in [0.1, 0.15) is 5.60 Å². The number of nitrogens with zero attached hydrogens (tertiary/aromatic N) is 5. The number of aromatic nitrogens is 4. The molecule has 0 bridgehead atoms. The van der Waals surface area contributed by atoms with Crippen LogP contribution in [0, 0.1) is 24.2 Å². The van der Waals surface area contributed by atoms with Crippen LogP contribution in [0.3, 0.4) is 0 Å². The van der Waals surface area contributed by atoms with Gasteiger partial charge in [-0.2, -0.15) is 5.26 Å². The fourth-order valence-electron chi connectivity index (χ4n) is 4.48. The minimum Gasteiger partial charge on any atom is -0.378 e. The van der Waals surface area contributed by atoms with Crippen molar-refractivity contribution in [2.75, 3.05) is 20.3 Å². The molecule has 2 fully saturated rings. The summed E-state index contributed by atoms with van der Waals surface area (Å²) in [7, 11) is 1.71. The molecule has 154 valence electrons. The molecule has 4 heterocycles. The van der Waals surface area contributed by atoms with E-state index in [0.29, 0.717) is 18.4 Å². The Morgan fingerprint density at radius 3 is 2.83 bits per heavy atom. The fourth-order valence-corrected chi connectivity index (χ4v) is 4.62. The van der Waals surface area contributed by atoms with Gasteiger partial charge < -0.3 is 14.0 Å². The van der Waals surface area contributed by atoms with E-state index in [0.717, 1.165) is 52.8 Å².